The SMILES string of the molecule is O=C(Nc1cccc(Br)c1)c1ccc(Cl)c(Cl)c1. The predicted molar refractivity (Wildman–Crippen MR) is 78.6 cm³/mol. The average molecular weight is 345 g/mol. The van der Waals surface area contributed by atoms with E-state index < -0.39 is 0 Å². The van der Waals surface area contributed by atoms with Gasteiger partial charge >= 0.3 is 0 Å². The highest BCUT2D eigenvalue weighted by molar-refractivity contribution is 9.10. The number of carbonyl (C=O) groups is 1. The molecule has 18 heavy (non-hydrogen) atoms. The molecule has 2 rings (SSSR count). The standard InChI is InChI=1S/C13H8BrCl2NO/c14-9-2-1-3-10(7-9)17-13(18)8-4-5-11(15)12(16)6-8/h1-7H,(H,17,18). The third-order valence-corrected chi connectivity index (χ3v) is 3.50. The summed E-state index contributed by atoms with van der Waals surface area (Å²) in [5.74, 6) is -0.230. The first-order valence-electron chi connectivity index (χ1n) is 5.08. The summed E-state index contributed by atoms with van der Waals surface area (Å²) in [7, 11) is 0. The minimum absolute atomic E-state index is 0.230. The maximum absolute atomic E-state index is 12.0. The Hall–Kier alpha value is -1.03. The number of hydrogen-bond donors (Lipinski definition) is 1. The lowest BCUT2D eigenvalue weighted by Crippen LogP contribution is -2.11. The third-order valence-electron chi connectivity index (χ3n) is 2.26. The minimum atomic E-state index is -0.230. The van der Waals surface area contributed by atoms with Gasteiger partial charge in [-0.15, -0.1) is 0 Å². The van der Waals surface area contributed by atoms with Crippen LogP contribution in [0.3, 0.4) is 0 Å². The second-order valence-electron chi connectivity index (χ2n) is 3.59. The molecule has 0 aromatic heterocycles. The van der Waals surface area contributed by atoms with Crippen LogP contribution in [-0.2, 0) is 0 Å². The summed E-state index contributed by atoms with van der Waals surface area (Å²) in [5.41, 5.74) is 1.17. The monoisotopic (exact) mass is 343 g/mol. The first-order chi connectivity index (χ1) is 8.56. The molecule has 92 valence electrons. The van der Waals surface area contributed by atoms with E-state index >= 15 is 0 Å². The molecular weight excluding hydrogens is 337 g/mol. The van der Waals surface area contributed by atoms with Crippen LogP contribution in [0, 0.1) is 0 Å². The zero-order valence-corrected chi connectivity index (χ0v) is 12.2. The Morgan fingerprint density at radius 3 is 2.50 bits per heavy atom. The number of halogens is 3. The molecule has 0 aliphatic rings. The van der Waals surface area contributed by atoms with Crippen LogP contribution in [0.5, 0.6) is 0 Å². The van der Waals surface area contributed by atoms with Gasteiger partial charge in [0.15, 0.2) is 0 Å². The van der Waals surface area contributed by atoms with E-state index in [1.165, 1.54) is 6.07 Å². The lowest BCUT2D eigenvalue weighted by Gasteiger charge is -2.06. The Morgan fingerprint density at radius 1 is 1.06 bits per heavy atom. The van der Waals surface area contributed by atoms with Gasteiger partial charge in [-0.05, 0) is 36.4 Å². The molecule has 2 nitrogen and oxygen atoms in total. The quantitative estimate of drug-likeness (QED) is 0.815. The molecule has 0 heterocycles. The maximum atomic E-state index is 12.0. The van der Waals surface area contributed by atoms with Crippen LogP contribution in [-0.4, -0.2) is 5.91 Å². The van der Waals surface area contributed by atoms with Gasteiger partial charge in [0.25, 0.3) is 5.91 Å². The van der Waals surface area contributed by atoms with Gasteiger partial charge < -0.3 is 5.32 Å². The highest BCUT2D eigenvalue weighted by atomic mass is 79.9. The van der Waals surface area contributed by atoms with Crippen LogP contribution in [0.2, 0.25) is 10.0 Å². The van der Waals surface area contributed by atoms with Gasteiger partial charge in [-0.2, -0.15) is 0 Å². The number of rotatable bonds is 2. The Labute approximate surface area is 123 Å². The summed E-state index contributed by atoms with van der Waals surface area (Å²) >= 11 is 15.0. The number of benzene rings is 2. The molecule has 2 aromatic rings. The molecule has 0 spiro atoms. The normalized spacial score (nSPS) is 10.2. The number of carbonyl (C=O) groups excluding carboxylic acids is 1. The summed E-state index contributed by atoms with van der Waals surface area (Å²) in [6.07, 6.45) is 0. The largest absolute Gasteiger partial charge is 0.322 e. The van der Waals surface area contributed by atoms with E-state index in [1.807, 2.05) is 18.2 Å². The van der Waals surface area contributed by atoms with Gasteiger partial charge in [-0.25, -0.2) is 0 Å². The van der Waals surface area contributed by atoms with E-state index in [0.29, 0.717) is 21.3 Å². The van der Waals surface area contributed by atoms with E-state index in [4.69, 9.17) is 23.2 Å². The Kier molecular flexibility index (Phi) is 4.27. The van der Waals surface area contributed by atoms with Crippen molar-refractivity contribution in [1.29, 1.82) is 0 Å². The number of nitrogens with one attached hydrogen (secondary N) is 1. The molecule has 0 aliphatic carbocycles. The smallest absolute Gasteiger partial charge is 0.255 e. The lowest BCUT2D eigenvalue weighted by atomic mass is 10.2. The summed E-state index contributed by atoms with van der Waals surface area (Å²) in [5, 5.41) is 3.56. The highest BCUT2D eigenvalue weighted by Gasteiger charge is 2.08. The first kappa shape index (κ1) is 13.4. The highest BCUT2D eigenvalue weighted by Crippen LogP contribution is 2.23. The van der Waals surface area contributed by atoms with Gasteiger partial charge in [-0.1, -0.05) is 45.2 Å². The van der Waals surface area contributed by atoms with E-state index in [1.54, 1.807) is 18.2 Å². The van der Waals surface area contributed by atoms with E-state index in [0.717, 1.165) is 4.47 Å². The molecule has 1 N–H and O–H groups in total. The molecule has 1 amide bonds. The summed E-state index contributed by atoms with van der Waals surface area (Å²) in [6, 6.07) is 12.1. The fraction of sp³-hybridized carbons (Fsp3) is 0. The van der Waals surface area contributed by atoms with Gasteiger partial charge in [0.1, 0.15) is 0 Å². The molecule has 5 heteroatoms. The fourth-order valence-electron chi connectivity index (χ4n) is 1.41. The molecule has 0 saturated carbocycles. The van der Waals surface area contributed by atoms with Crippen molar-refractivity contribution < 1.29 is 4.79 Å². The zero-order chi connectivity index (χ0) is 13.1. The van der Waals surface area contributed by atoms with Crippen molar-refractivity contribution in [1.82, 2.24) is 0 Å². The summed E-state index contributed by atoms with van der Waals surface area (Å²) < 4.78 is 0.898. The van der Waals surface area contributed by atoms with Crippen LogP contribution in [0.4, 0.5) is 5.69 Å². The number of anilines is 1. The second kappa shape index (κ2) is 5.74. The van der Waals surface area contributed by atoms with Crippen LogP contribution in [0.1, 0.15) is 10.4 Å². The van der Waals surface area contributed by atoms with Crippen LogP contribution in [0.25, 0.3) is 0 Å². The molecule has 0 saturated heterocycles. The van der Waals surface area contributed by atoms with Gasteiger partial charge in [0.05, 0.1) is 10.0 Å². The minimum Gasteiger partial charge on any atom is -0.322 e. The zero-order valence-electron chi connectivity index (χ0n) is 9.08. The molecule has 2 aromatic carbocycles. The van der Waals surface area contributed by atoms with Gasteiger partial charge in [0.2, 0.25) is 0 Å². The maximum Gasteiger partial charge on any atom is 0.255 e. The lowest BCUT2D eigenvalue weighted by molar-refractivity contribution is 0.102. The van der Waals surface area contributed by atoms with Crippen LogP contribution >= 0.6 is 39.1 Å². The topological polar surface area (TPSA) is 29.1 Å². The van der Waals surface area contributed by atoms with E-state index in [9.17, 15) is 4.79 Å². The Bertz CT molecular complexity index is 601. The molecule has 0 bridgehead atoms. The van der Waals surface area contributed by atoms with Crippen molar-refractivity contribution in [3.8, 4) is 0 Å². The van der Waals surface area contributed by atoms with Crippen molar-refractivity contribution in [2.75, 3.05) is 5.32 Å². The Balaban J connectivity index is 2.19. The first-order valence-corrected chi connectivity index (χ1v) is 6.63. The van der Waals surface area contributed by atoms with Gasteiger partial charge in [0, 0.05) is 15.7 Å². The van der Waals surface area contributed by atoms with Crippen molar-refractivity contribution in [2.24, 2.45) is 0 Å². The summed E-state index contributed by atoms with van der Waals surface area (Å²) in [6.45, 7) is 0. The van der Waals surface area contributed by atoms with E-state index in [2.05, 4.69) is 21.2 Å². The van der Waals surface area contributed by atoms with E-state index in [-0.39, 0.29) is 5.91 Å². The molecule has 0 unspecified atom stereocenters. The molecule has 0 aliphatic heterocycles. The molecule has 0 radical (unpaired) electrons. The van der Waals surface area contributed by atoms with Crippen molar-refractivity contribution >= 4 is 50.7 Å². The number of amides is 1. The van der Waals surface area contributed by atoms with Gasteiger partial charge in [-0.3, -0.25) is 4.79 Å². The van der Waals surface area contributed by atoms with Crippen molar-refractivity contribution in [3.63, 3.8) is 0 Å². The van der Waals surface area contributed by atoms with Crippen molar-refractivity contribution in [3.05, 3.63) is 62.5 Å². The summed E-state index contributed by atoms with van der Waals surface area (Å²) in [4.78, 5) is 12.0. The predicted octanol–water partition coefficient (Wildman–Crippen LogP) is 5.01. The number of hydrogen-bond acceptors (Lipinski definition) is 1. The third kappa shape index (κ3) is 3.25. The average Bonchev–Trinajstić information content (AvgIpc) is 2.32. The van der Waals surface area contributed by atoms with Crippen molar-refractivity contribution in [2.45, 2.75) is 0 Å². The molecule has 0 atom stereocenters. The molecule has 0 fully saturated rings. The van der Waals surface area contributed by atoms with Crippen LogP contribution in [0.15, 0.2) is 46.9 Å². The second-order valence-corrected chi connectivity index (χ2v) is 5.32. The molecular formula is C13H8BrCl2NO. The van der Waals surface area contributed by atoms with Crippen LogP contribution < -0.4 is 5.32 Å². The fourth-order valence-corrected chi connectivity index (χ4v) is 2.10. The Morgan fingerprint density at radius 2 is 1.83 bits per heavy atom.